The van der Waals surface area contributed by atoms with E-state index in [1.807, 2.05) is 30.3 Å². The van der Waals surface area contributed by atoms with Crippen molar-refractivity contribution in [3.8, 4) is 0 Å². The molecule has 140 valence electrons. The summed E-state index contributed by atoms with van der Waals surface area (Å²) in [5, 5.41) is 3.56. The second kappa shape index (κ2) is 7.66. The zero-order chi connectivity index (χ0) is 18.8. The lowest BCUT2D eigenvalue weighted by Gasteiger charge is -2.28. The summed E-state index contributed by atoms with van der Waals surface area (Å²) in [5.74, 6) is 0.324. The molecule has 0 aliphatic carbocycles. The first kappa shape index (κ1) is 17.9. The molecular weight excluding hydrogens is 358 g/mol. The normalized spacial score (nSPS) is 14.7. The van der Waals surface area contributed by atoms with Crippen LogP contribution in [0.5, 0.6) is 0 Å². The standard InChI is InChI=1S/C21H23N3O2S/c1-14(2)15-3-5-16(6-4-15)20(25)23-21-22-18-8-7-17(13-19(18)27-21)24-9-11-26-12-10-24/h3-8,13-14H,9-12H2,1-2H3,(H,22,23,25). The molecule has 6 heteroatoms. The van der Waals surface area contributed by atoms with Crippen LogP contribution in [-0.2, 0) is 4.74 Å². The van der Waals surface area contributed by atoms with Crippen LogP contribution < -0.4 is 10.2 Å². The second-order valence-electron chi connectivity index (χ2n) is 7.00. The summed E-state index contributed by atoms with van der Waals surface area (Å²) >= 11 is 1.51. The third kappa shape index (κ3) is 3.96. The second-order valence-corrected chi connectivity index (χ2v) is 8.03. The number of carbonyl (C=O) groups is 1. The van der Waals surface area contributed by atoms with Crippen molar-refractivity contribution in [3.05, 3.63) is 53.6 Å². The Morgan fingerprint density at radius 3 is 2.59 bits per heavy atom. The lowest BCUT2D eigenvalue weighted by molar-refractivity contribution is 0.102. The smallest absolute Gasteiger partial charge is 0.257 e. The topological polar surface area (TPSA) is 54.5 Å². The number of benzene rings is 2. The van der Waals surface area contributed by atoms with E-state index in [1.165, 1.54) is 22.6 Å². The van der Waals surface area contributed by atoms with E-state index in [2.05, 4.69) is 41.2 Å². The number of nitrogens with zero attached hydrogens (tertiary/aromatic N) is 2. The summed E-state index contributed by atoms with van der Waals surface area (Å²) in [4.78, 5) is 19.4. The number of anilines is 2. The molecule has 3 aromatic rings. The fraction of sp³-hybridized carbons (Fsp3) is 0.333. The number of rotatable bonds is 4. The fourth-order valence-electron chi connectivity index (χ4n) is 3.17. The molecule has 1 saturated heterocycles. The number of hydrogen-bond acceptors (Lipinski definition) is 5. The summed E-state index contributed by atoms with van der Waals surface area (Å²) in [6.07, 6.45) is 0. The number of thiazole rings is 1. The molecule has 0 atom stereocenters. The number of morpholine rings is 1. The van der Waals surface area contributed by atoms with Crippen molar-refractivity contribution >= 4 is 38.3 Å². The Balaban J connectivity index is 1.50. The highest BCUT2D eigenvalue weighted by Crippen LogP contribution is 2.30. The summed E-state index contributed by atoms with van der Waals surface area (Å²) in [5.41, 5.74) is 3.95. The van der Waals surface area contributed by atoms with Gasteiger partial charge in [-0.25, -0.2) is 4.98 Å². The molecule has 1 aliphatic rings. The van der Waals surface area contributed by atoms with Crippen LogP contribution in [0.3, 0.4) is 0 Å². The molecule has 0 saturated carbocycles. The molecule has 1 aromatic heterocycles. The van der Waals surface area contributed by atoms with Crippen molar-refractivity contribution in [1.29, 1.82) is 0 Å². The van der Waals surface area contributed by atoms with E-state index in [0.29, 0.717) is 16.6 Å². The number of aromatic nitrogens is 1. The lowest BCUT2D eigenvalue weighted by Crippen LogP contribution is -2.36. The largest absolute Gasteiger partial charge is 0.378 e. The Labute approximate surface area is 163 Å². The van der Waals surface area contributed by atoms with E-state index in [-0.39, 0.29) is 5.91 Å². The maximum Gasteiger partial charge on any atom is 0.257 e. The lowest BCUT2D eigenvalue weighted by atomic mass is 10.0. The van der Waals surface area contributed by atoms with E-state index in [0.717, 1.165) is 36.5 Å². The van der Waals surface area contributed by atoms with Gasteiger partial charge >= 0.3 is 0 Å². The van der Waals surface area contributed by atoms with Gasteiger partial charge < -0.3 is 9.64 Å². The molecule has 0 bridgehead atoms. The summed E-state index contributed by atoms with van der Waals surface area (Å²) in [7, 11) is 0. The molecule has 2 heterocycles. The van der Waals surface area contributed by atoms with E-state index in [1.54, 1.807) is 0 Å². The van der Waals surface area contributed by atoms with Crippen LogP contribution in [0.2, 0.25) is 0 Å². The molecular formula is C21H23N3O2S. The monoisotopic (exact) mass is 381 g/mol. The van der Waals surface area contributed by atoms with Crippen LogP contribution >= 0.6 is 11.3 Å². The quantitative estimate of drug-likeness (QED) is 0.722. The van der Waals surface area contributed by atoms with E-state index < -0.39 is 0 Å². The minimum atomic E-state index is -0.127. The highest BCUT2D eigenvalue weighted by Gasteiger charge is 2.14. The highest BCUT2D eigenvalue weighted by molar-refractivity contribution is 7.22. The average Bonchev–Trinajstić information content (AvgIpc) is 3.10. The van der Waals surface area contributed by atoms with Gasteiger partial charge in [0, 0.05) is 24.3 Å². The van der Waals surface area contributed by atoms with Crippen molar-refractivity contribution in [3.63, 3.8) is 0 Å². The van der Waals surface area contributed by atoms with Crippen LogP contribution in [0, 0.1) is 0 Å². The Morgan fingerprint density at radius 2 is 1.89 bits per heavy atom. The number of nitrogens with one attached hydrogen (secondary N) is 1. The van der Waals surface area contributed by atoms with Crippen LogP contribution in [0.4, 0.5) is 10.8 Å². The molecule has 2 aromatic carbocycles. The van der Waals surface area contributed by atoms with Gasteiger partial charge in [-0.3, -0.25) is 10.1 Å². The third-order valence-electron chi connectivity index (χ3n) is 4.81. The van der Waals surface area contributed by atoms with Gasteiger partial charge in [0.05, 0.1) is 23.4 Å². The van der Waals surface area contributed by atoms with Crippen LogP contribution in [0.1, 0.15) is 35.7 Å². The zero-order valence-corrected chi connectivity index (χ0v) is 16.4. The molecule has 0 unspecified atom stereocenters. The summed E-state index contributed by atoms with van der Waals surface area (Å²) in [6, 6.07) is 14.0. The van der Waals surface area contributed by atoms with Crippen LogP contribution in [-0.4, -0.2) is 37.2 Å². The number of fused-ring (bicyclic) bond motifs is 1. The number of hydrogen-bond donors (Lipinski definition) is 1. The van der Waals surface area contributed by atoms with E-state index in [9.17, 15) is 4.79 Å². The molecule has 4 rings (SSSR count). The first-order valence-electron chi connectivity index (χ1n) is 9.25. The SMILES string of the molecule is CC(C)c1ccc(C(=O)Nc2nc3ccc(N4CCOCC4)cc3s2)cc1. The van der Waals surface area contributed by atoms with Gasteiger partial charge in [-0.2, -0.15) is 0 Å². The molecule has 27 heavy (non-hydrogen) atoms. The number of carbonyl (C=O) groups excluding carboxylic acids is 1. The van der Waals surface area contributed by atoms with Crippen molar-refractivity contribution in [1.82, 2.24) is 4.98 Å². The Kier molecular flexibility index (Phi) is 5.09. The first-order valence-corrected chi connectivity index (χ1v) is 10.1. The average molecular weight is 382 g/mol. The predicted molar refractivity (Wildman–Crippen MR) is 111 cm³/mol. The van der Waals surface area contributed by atoms with E-state index in [4.69, 9.17) is 4.74 Å². The third-order valence-corrected chi connectivity index (χ3v) is 5.74. The molecule has 0 spiro atoms. The Morgan fingerprint density at radius 1 is 1.15 bits per heavy atom. The molecule has 1 N–H and O–H groups in total. The van der Waals surface area contributed by atoms with Gasteiger partial charge in [-0.15, -0.1) is 0 Å². The Hall–Kier alpha value is -2.44. The maximum atomic E-state index is 12.5. The summed E-state index contributed by atoms with van der Waals surface area (Å²) < 4.78 is 6.49. The predicted octanol–water partition coefficient (Wildman–Crippen LogP) is 4.51. The van der Waals surface area contributed by atoms with Crippen LogP contribution in [0.15, 0.2) is 42.5 Å². The summed E-state index contributed by atoms with van der Waals surface area (Å²) in [6.45, 7) is 7.61. The van der Waals surface area contributed by atoms with Gasteiger partial charge in [0.2, 0.25) is 0 Å². The van der Waals surface area contributed by atoms with Crippen LogP contribution in [0.25, 0.3) is 10.2 Å². The number of amides is 1. The van der Waals surface area contributed by atoms with Gasteiger partial charge in [-0.1, -0.05) is 37.3 Å². The maximum absolute atomic E-state index is 12.5. The van der Waals surface area contributed by atoms with Crippen molar-refractivity contribution in [2.75, 3.05) is 36.5 Å². The van der Waals surface area contributed by atoms with Gasteiger partial charge in [0.25, 0.3) is 5.91 Å². The molecule has 1 fully saturated rings. The Bertz CT molecular complexity index is 944. The van der Waals surface area contributed by atoms with E-state index >= 15 is 0 Å². The van der Waals surface area contributed by atoms with Gasteiger partial charge in [-0.05, 0) is 41.8 Å². The zero-order valence-electron chi connectivity index (χ0n) is 15.6. The minimum absolute atomic E-state index is 0.127. The van der Waals surface area contributed by atoms with Crippen molar-refractivity contribution in [2.45, 2.75) is 19.8 Å². The molecule has 1 aliphatic heterocycles. The molecule has 1 amide bonds. The number of ether oxygens (including phenoxy) is 1. The molecule has 0 radical (unpaired) electrons. The highest BCUT2D eigenvalue weighted by atomic mass is 32.1. The molecule has 5 nitrogen and oxygen atoms in total. The van der Waals surface area contributed by atoms with Crippen molar-refractivity contribution < 1.29 is 9.53 Å². The van der Waals surface area contributed by atoms with Gasteiger partial charge in [0.1, 0.15) is 0 Å². The van der Waals surface area contributed by atoms with Gasteiger partial charge in [0.15, 0.2) is 5.13 Å². The van der Waals surface area contributed by atoms with Crippen molar-refractivity contribution in [2.24, 2.45) is 0 Å². The first-order chi connectivity index (χ1) is 13.1. The fourth-order valence-corrected chi connectivity index (χ4v) is 4.07. The minimum Gasteiger partial charge on any atom is -0.378 e.